The van der Waals surface area contributed by atoms with Crippen molar-refractivity contribution in [2.75, 3.05) is 6.61 Å². The summed E-state index contributed by atoms with van der Waals surface area (Å²) in [4.78, 5) is 0. The quantitative estimate of drug-likeness (QED) is 0.784. The van der Waals surface area contributed by atoms with E-state index in [1.165, 1.54) is 0 Å². The number of rotatable bonds is 4. The molecule has 1 rings (SSSR count). The third-order valence-corrected chi connectivity index (χ3v) is 2.53. The van der Waals surface area contributed by atoms with Crippen molar-refractivity contribution in [2.45, 2.75) is 46.0 Å². The van der Waals surface area contributed by atoms with E-state index in [4.69, 9.17) is 4.74 Å². The van der Waals surface area contributed by atoms with Crippen LogP contribution in [-0.2, 0) is 5.41 Å². The molecule has 2 nitrogen and oxygen atoms in total. The molecular weight excluding hydrogens is 200 g/mol. The summed E-state index contributed by atoms with van der Waals surface area (Å²) in [7, 11) is 0. The fourth-order valence-corrected chi connectivity index (χ4v) is 1.58. The molecule has 0 aliphatic rings. The van der Waals surface area contributed by atoms with Gasteiger partial charge < -0.3 is 9.84 Å². The van der Waals surface area contributed by atoms with E-state index in [1.54, 1.807) is 12.1 Å². The lowest BCUT2D eigenvalue weighted by Gasteiger charge is -2.22. The zero-order valence-electron chi connectivity index (χ0n) is 10.7. The van der Waals surface area contributed by atoms with E-state index >= 15 is 0 Å². The van der Waals surface area contributed by atoms with Crippen molar-refractivity contribution < 1.29 is 9.84 Å². The fraction of sp³-hybridized carbons (Fsp3) is 0.571. The third kappa shape index (κ3) is 3.44. The van der Waals surface area contributed by atoms with Gasteiger partial charge in [-0.25, -0.2) is 0 Å². The molecule has 0 amide bonds. The molecule has 0 bridgehead atoms. The number of phenolic OH excluding ortho intramolecular Hbond substituents is 1. The molecule has 0 aliphatic carbocycles. The van der Waals surface area contributed by atoms with Crippen LogP contribution < -0.4 is 4.74 Å². The summed E-state index contributed by atoms with van der Waals surface area (Å²) < 4.78 is 5.72. The van der Waals surface area contributed by atoms with Crippen LogP contribution >= 0.6 is 0 Å². The summed E-state index contributed by atoms with van der Waals surface area (Å²) in [5.41, 5.74) is 1.18. The van der Waals surface area contributed by atoms with Crippen LogP contribution in [-0.4, -0.2) is 11.7 Å². The van der Waals surface area contributed by atoms with Crippen LogP contribution in [0.3, 0.4) is 0 Å². The SMILES string of the molecule is CCCCOc1cc(O)ccc1C(C)(C)C. The highest BCUT2D eigenvalue weighted by Crippen LogP contribution is 2.33. The van der Waals surface area contributed by atoms with Crippen LogP contribution in [0, 0.1) is 0 Å². The Morgan fingerprint density at radius 1 is 1.25 bits per heavy atom. The van der Waals surface area contributed by atoms with E-state index in [0.29, 0.717) is 6.61 Å². The van der Waals surface area contributed by atoms with Gasteiger partial charge in [0.05, 0.1) is 6.61 Å². The monoisotopic (exact) mass is 222 g/mol. The molecule has 0 saturated heterocycles. The van der Waals surface area contributed by atoms with E-state index in [0.717, 1.165) is 24.2 Å². The van der Waals surface area contributed by atoms with Crippen molar-refractivity contribution in [2.24, 2.45) is 0 Å². The smallest absolute Gasteiger partial charge is 0.126 e. The number of ether oxygens (including phenoxy) is 1. The third-order valence-electron chi connectivity index (χ3n) is 2.53. The van der Waals surface area contributed by atoms with Crippen molar-refractivity contribution in [1.82, 2.24) is 0 Å². The van der Waals surface area contributed by atoms with E-state index in [-0.39, 0.29) is 11.2 Å². The number of phenols is 1. The minimum Gasteiger partial charge on any atom is -0.508 e. The number of aromatic hydroxyl groups is 1. The van der Waals surface area contributed by atoms with Crippen molar-refractivity contribution >= 4 is 0 Å². The molecular formula is C14H22O2. The fourth-order valence-electron chi connectivity index (χ4n) is 1.58. The maximum absolute atomic E-state index is 9.48. The maximum atomic E-state index is 9.48. The second-order valence-electron chi connectivity index (χ2n) is 5.13. The summed E-state index contributed by atoms with van der Waals surface area (Å²) in [6.45, 7) is 9.28. The largest absolute Gasteiger partial charge is 0.508 e. The van der Waals surface area contributed by atoms with Crippen molar-refractivity contribution in [3.8, 4) is 11.5 Å². The summed E-state index contributed by atoms with van der Waals surface area (Å²) in [6, 6.07) is 5.36. The lowest BCUT2D eigenvalue weighted by atomic mass is 9.86. The molecule has 0 aliphatic heterocycles. The second-order valence-corrected chi connectivity index (χ2v) is 5.13. The van der Waals surface area contributed by atoms with Crippen LogP contribution in [0.1, 0.15) is 46.1 Å². The Bertz CT molecular complexity index is 337. The van der Waals surface area contributed by atoms with E-state index in [9.17, 15) is 5.11 Å². The first-order valence-electron chi connectivity index (χ1n) is 5.91. The first-order valence-corrected chi connectivity index (χ1v) is 5.91. The Balaban J connectivity index is 2.90. The minimum absolute atomic E-state index is 0.0370. The average molecular weight is 222 g/mol. The van der Waals surface area contributed by atoms with Crippen molar-refractivity contribution in [3.05, 3.63) is 23.8 Å². The van der Waals surface area contributed by atoms with Crippen LogP contribution in [0.15, 0.2) is 18.2 Å². The number of unbranched alkanes of at least 4 members (excludes halogenated alkanes) is 1. The maximum Gasteiger partial charge on any atom is 0.126 e. The van der Waals surface area contributed by atoms with Gasteiger partial charge in [-0.15, -0.1) is 0 Å². The van der Waals surface area contributed by atoms with Gasteiger partial charge in [-0.3, -0.25) is 0 Å². The van der Waals surface area contributed by atoms with Crippen molar-refractivity contribution in [3.63, 3.8) is 0 Å². The highest BCUT2D eigenvalue weighted by molar-refractivity contribution is 5.43. The van der Waals surface area contributed by atoms with Crippen LogP contribution in [0.2, 0.25) is 0 Å². The van der Waals surface area contributed by atoms with Crippen molar-refractivity contribution in [1.29, 1.82) is 0 Å². The predicted molar refractivity (Wildman–Crippen MR) is 67.2 cm³/mol. The Morgan fingerprint density at radius 3 is 2.50 bits per heavy atom. The molecule has 1 aromatic rings. The van der Waals surface area contributed by atoms with Crippen LogP contribution in [0.4, 0.5) is 0 Å². The Kier molecular flexibility index (Phi) is 4.22. The molecule has 1 N–H and O–H groups in total. The van der Waals surface area contributed by atoms with Crippen LogP contribution in [0.5, 0.6) is 11.5 Å². The number of benzene rings is 1. The van der Waals surface area contributed by atoms with Gasteiger partial charge in [0.25, 0.3) is 0 Å². The zero-order chi connectivity index (χ0) is 12.2. The van der Waals surface area contributed by atoms with Gasteiger partial charge in [0.2, 0.25) is 0 Å². The number of hydrogen-bond donors (Lipinski definition) is 1. The standard InChI is InChI=1S/C14H22O2/c1-5-6-9-16-13-10-11(15)7-8-12(13)14(2,3)4/h7-8,10,15H,5-6,9H2,1-4H3. The second kappa shape index (κ2) is 5.24. The summed E-state index contributed by atoms with van der Waals surface area (Å²) in [5, 5.41) is 9.48. The van der Waals surface area contributed by atoms with Gasteiger partial charge in [0.1, 0.15) is 11.5 Å². The molecule has 0 radical (unpaired) electrons. The topological polar surface area (TPSA) is 29.5 Å². The Morgan fingerprint density at radius 2 is 1.94 bits per heavy atom. The molecule has 0 aromatic heterocycles. The van der Waals surface area contributed by atoms with E-state index in [1.807, 2.05) is 6.07 Å². The van der Waals surface area contributed by atoms with Gasteiger partial charge in [-0.2, -0.15) is 0 Å². The highest BCUT2D eigenvalue weighted by Gasteiger charge is 2.19. The first-order chi connectivity index (χ1) is 7.45. The molecule has 0 heterocycles. The molecule has 0 fully saturated rings. The predicted octanol–water partition coefficient (Wildman–Crippen LogP) is 3.87. The summed E-state index contributed by atoms with van der Waals surface area (Å²) in [5.74, 6) is 1.07. The lowest BCUT2D eigenvalue weighted by Crippen LogP contribution is -2.13. The normalized spacial score (nSPS) is 11.5. The average Bonchev–Trinajstić information content (AvgIpc) is 2.16. The van der Waals surface area contributed by atoms with Gasteiger partial charge in [-0.05, 0) is 23.5 Å². The zero-order valence-corrected chi connectivity index (χ0v) is 10.7. The van der Waals surface area contributed by atoms with Crippen LogP contribution in [0.25, 0.3) is 0 Å². The lowest BCUT2D eigenvalue weighted by molar-refractivity contribution is 0.299. The van der Waals surface area contributed by atoms with E-state index in [2.05, 4.69) is 27.7 Å². The molecule has 0 saturated carbocycles. The molecule has 0 unspecified atom stereocenters. The Hall–Kier alpha value is -1.18. The molecule has 0 spiro atoms. The molecule has 0 atom stereocenters. The first kappa shape index (κ1) is 12.9. The molecule has 16 heavy (non-hydrogen) atoms. The van der Waals surface area contributed by atoms with Gasteiger partial charge in [0, 0.05) is 6.07 Å². The summed E-state index contributed by atoms with van der Waals surface area (Å²) >= 11 is 0. The Labute approximate surface area is 98.3 Å². The number of hydrogen-bond acceptors (Lipinski definition) is 2. The minimum atomic E-state index is 0.0370. The highest BCUT2D eigenvalue weighted by atomic mass is 16.5. The van der Waals surface area contributed by atoms with Gasteiger partial charge in [0.15, 0.2) is 0 Å². The molecule has 90 valence electrons. The van der Waals surface area contributed by atoms with E-state index < -0.39 is 0 Å². The van der Waals surface area contributed by atoms with Gasteiger partial charge in [-0.1, -0.05) is 40.2 Å². The molecule has 1 aromatic carbocycles. The van der Waals surface area contributed by atoms with Gasteiger partial charge >= 0.3 is 0 Å². The molecule has 2 heteroatoms. The summed E-state index contributed by atoms with van der Waals surface area (Å²) in [6.07, 6.45) is 2.16.